The predicted molar refractivity (Wildman–Crippen MR) is 53.1 cm³/mol. The van der Waals surface area contributed by atoms with Crippen molar-refractivity contribution in [2.45, 2.75) is 19.3 Å². The van der Waals surface area contributed by atoms with Gasteiger partial charge in [-0.05, 0) is 18.6 Å². The number of nitrogens with one attached hydrogen (secondary N) is 1. The van der Waals surface area contributed by atoms with Gasteiger partial charge in [0.05, 0.1) is 0 Å². The first-order valence-corrected chi connectivity index (χ1v) is 4.59. The van der Waals surface area contributed by atoms with E-state index in [2.05, 4.69) is 30.4 Å². The van der Waals surface area contributed by atoms with Gasteiger partial charge in [0.2, 0.25) is 0 Å². The van der Waals surface area contributed by atoms with Crippen LogP contribution in [0, 0.1) is 6.92 Å². The van der Waals surface area contributed by atoms with Gasteiger partial charge in [0.1, 0.15) is 6.29 Å². The Hall–Kier alpha value is -1.31. The first kappa shape index (κ1) is 8.30. The van der Waals surface area contributed by atoms with Gasteiger partial charge < -0.3 is 10.1 Å². The average Bonchev–Trinajstić information content (AvgIpc) is 2.49. The summed E-state index contributed by atoms with van der Waals surface area (Å²) in [5, 5.41) is 3.30. The number of aldehydes is 1. The summed E-state index contributed by atoms with van der Waals surface area (Å²) in [5.74, 6) is 0.382. The van der Waals surface area contributed by atoms with Crippen LogP contribution in [0.15, 0.2) is 18.2 Å². The summed E-state index contributed by atoms with van der Waals surface area (Å²) in [6.45, 7) is 2.98. The van der Waals surface area contributed by atoms with Gasteiger partial charge in [0, 0.05) is 24.6 Å². The molecule has 1 aliphatic rings. The molecule has 0 saturated heterocycles. The lowest BCUT2D eigenvalue weighted by molar-refractivity contribution is -0.108. The van der Waals surface area contributed by atoms with Crippen molar-refractivity contribution in [3.8, 4) is 0 Å². The van der Waals surface area contributed by atoms with Crippen molar-refractivity contribution in [2.75, 3.05) is 11.9 Å². The van der Waals surface area contributed by atoms with Gasteiger partial charge in [-0.3, -0.25) is 0 Å². The van der Waals surface area contributed by atoms with Crippen LogP contribution in [0.2, 0.25) is 0 Å². The number of benzene rings is 1. The van der Waals surface area contributed by atoms with Gasteiger partial charge in [0.15, 0.2) is 0 Å². The van der Waals surface area contributed by atoms with Crippen LogP contribution in [0.1, 0.15) is 23.5 Å². The van der Waals surface area contributed by atoms with Crippen LogP contribution in [0.3, 0.4) is 0 Å². The second kappa shape index (κ2) is 3.21. The number of aryl methyl sites for hydroxylation is 1. The molecule has 2 nitrogen and oxygen atoms in total. The number of fused-ring (bicyclic) bond motifs is 1. The zero-order valence-electron chi connectivity index (χ0n) is 7.71. The molecule has 1 unspecified atom stereocenters. The van der Waals surface area contributed by atoms with E-state index in [9.17, 15) is 4.79 Å². The maximum absolute atomic E-state index is 10.4. The number of hydrogen-bond donors (Lipinski definition) is 1. The van der Waals surface area contributed by atoms with Crippen molar-refractivity contribution in [3.05, 3.63) is 29.3 Å². The SMILES string of the molecule is Cc1ccc2c(c1)C(CC=O)CN2. The molecule has 0 bridgehead atoms. The minimum Gasteiger partial charge on any atom is -0.384 e. The third-order valence-electron chi connectivity index (χ3n) is 2.57. The molecule has 68 valence electrons. The largest absolute Gasteiger partial charge is 0.384 e. The molecule has 1 N–H and O–H groups in total. The fourth-order valence-electron chi connectivity index (χ4n) is 1.85. The normalized spacial score (nSPS) is 19.3. The molecule has 1 aromatic carbocycles. The first-order chi connectivity index (χ1) is 6.31. The highest BCUT2D eigenvalue weighted by Gasteiger charge is 2.21. The van der Waals surface area contributed by atoms with E-state index in [1.807, 2.05) is 0 Å². The Morgan fingerprint density at radius 2 is 2.46 bits per heavy atom. The molecular formula is C11H13NO. The van der Waals surface area contributed by atoms with Gasteiger partial charge >= 0.3 is 0 Å². The molecule has 1 atom stereocenters. The minimum absolute atomic E-state index is 0.382. The average molecular weight is 175 g/mol. The van der Waals surface area contributed by atoms with Crippen LogP contribution in [-0.4, -0.2) is 12.8 Å². The second-order valence-electron chi connectivity index (χ2n) is 3.57. The van der Waals surface area contributed by atoms with Gasteiger partial charge in [-0.15, -0.1) is 0 Å². The molecule has 0 radical (unpaired) electrons. The summed E-state index contributed by atoms with van der Waals surface area (Å²) in [4.78, 5) is 10.4. The van der Waals surface area contributed by atoms with E-state index in [4.69, 9.17) is 0 Å². The fourth-order valence-corrected chi connectivity index (χ4v) is 1.85. The first-order valence-electron chi connectivity index (χ1n) is 4.59. The van der Waals surface area contributed by atoms with Crippen molar-refractivity contribution in [3.63, 3.8) is 0 Å². The molecule has 0 amide bonds. The highest BCUT2D eigenvalue weighted by atomic mass is 16.1. The van der Waals surface area contributed by atoms with Crippen molar-refractivity contribution < 1.29 is 4.79 Å². The van der Waals surface area contributed by atoms with Crippen molar-refractivity contribution >= 4 is 12.0 Å². The molecule has 0 fully saturated rings. The standard InChI is InChI=1S/C11H13NO/c1-8-2-3-11-10(6-8)9(4-5-13)7-12-11/h2-3,5-6,9,12H,4,7H2,1H3. The molecule has 1 heterocycles. The van der Waals surface area contributed by atoms with E-state index in [-0.39, 0.29) is 0 Å². The van der Waals surface area contributed by atoms with Crippen LogP contribution < -0.4 is 5.32 Å². The summed E-state index contributed by atoms with van der Waals surface area (Å²) < 4.78 is 0. The number of carbonyl (C=O) groups is 1. The Balaban J connectivity index is 2.34. The van der Waals surface area contributed by atoms with Crippen molar-refractivity contribution in [1.29, 1.82) is 0 Å². The Kier molecular flexibility index (Phi) is 2.05. The smallest absolute Gasteiger partial charge is 0.120 e. The minimum atomic E-state index is 0.382. The van der Waals surface area contributed by atoms with Crippen molar-refractivity contribution in [2.24, 2.45) is 0 Å². The molecule has 1 aromatic rings. The highest BCUT2D eigenvalue weighted by molar-refractivity contribution is 5.62. The third kappa shape index (κ3) is 1.44. The van der Waals surface area contributed by atoms with E-state index in [0.717, 1.165) is 12.8 Å². The lowest BCUT2D eigenvalue weighted by Crippen LogP contribution is -2.01. The van der Waals surface area contributed by atoms with Gasteiger partial charge in [0.25, 0.3) is 0 Å². The quantitative estimate of drug-likeness (QED) is 0.697. The molecule has 13 heavy (non-hydrogen) atoms. The van der Waals surface area contributed by atoms with Crippen LogP contribution in [-0.2, 0) is 4.79 Å². The van der Waals surface area contributed by atoms with Crippen LogP contribution >= 0.6 is 0 Å². The molecular weight excluding hydrogens is 162 g/mol. The Labute approximate surface area is 78.0 Å². The van der Waals surface area contributed by atoms with Crippen molar-refractivity contribution in [1.82, 2.24) is 0 Å². The summed E-state index contributed by atoms with van der Waals surface area (Å²) >= 11 is 0. The Morgan fingerprint density at radius 1 is 1.62 bits per heavy atom. The fraction of sp³-hybridized carbons (Fsp3) is 0.364. The zero-order valence-corrected chi connectivity index (χ0v) is 7.71. The maximum atomic E-state index is 10.4. The molecule has 2 rings (SSSR count). The zero-order chi connectivity index (χ0) is 9.26. The van der Waals surface area contributed by atoms with E-state index in [0.29, 0.717) is 12.3 Å². The van der Waals surface area contributed by atoms with Gasteiger partial charge in [-0.25, -0.2) is 0 Å². The van der Waals surface area contributed by atoms with E-state index in [1.165, 1.54) is 16.8 Å². The van der Waals surface area contributed by atoms with Crippen LogP contribution in [0.25, 0.3) is 0 Å². The number of carbonyl (C=O) groups excluding carboxylic acids is 1. The van der Waals surface area contributed by atoms with Gasteiger partial charge in [-0.2, -0.15) is 0 Å². The molecule has 0 saturated carbocycles. The molecule has 0 aliphatic carbocycles. The maximum Gasteiger partial charge on any atom is 0.120 e. The number of rotatable bonds is 2. The van der Waals surface area contributed by atoms with E-state index >= 15 is 0 Å². The third-order valence-corrected chi connectivity index (χ3v) is 2.57. The summed E-state index contributed by atoms with van der Waals surface area (Å²) in [6.07, 6.45) is 1.63. The topological polar surface area (TPSA) is 29.1 Å². The van der Waals surface area contributed by atoms with Gasteiger partial charge in [-0.1, -0.05) is 17.7 Å². The van der Waals surface area contributed by atoms with Crippen LogP contribution in [0.5, 0.6) is 0 Å². The molecule has 1 aliphatic heterocycles. The monoisotopic (exact) mass is 175 g/mol. The lowest BCUT2D eigenvalue weighted by Gasteiger charge is -2.05. The Morgan fingerprint density at radius 3 is 3.23 bits per heavy atom. The summed E-state index contributed by atoms with van der Waals surface area (Å²) in [6, 6.07) is 6.36. The molecule has 0 spiro atoms. The molecule has 2 heteroatoms. The van der Waals surface area contributed by atoms with Crippen LogP contribution in [0.4, 0.5) is 5.69 Å². The lowest BCUT2D eigenvalue weighted by atomic mass is 9.97. The summed E-state index contributed by atoms with van der Waals surface area (Å²) in [7, 11) is 0. The number of hydrogen-bond acceptors (Lipinski definition) is 2. The highest BCUT2D eigenvalue weighted by Crippen LogP contribution is 2.33. The second-order valence-corrected chi connectivity index (χ2v) is 3.57. The summed E-state index contributed by atoms with van der Waals surface area (Å²) in [5.41, 5.74) is 3.75. The number of anilines is 1. The molecule has 0 aromatic heterocycles. The predicted octanol–water partition coefficient (Wildman–Crippen LogP) is 2.09. The van der Waals surface area contributed by atoms with E-state index in [1.54, 1.807) is 0 Å². The Bertz CT molecular complexity index is 333. The van der Waals surface area contributed by atoms with E-state index < -0.39 is 0 Å².